The van der Waals surface area contributed by atoms with E-state index in [1.807, 2.05) is 27.7 Å². The van der Waals surface area contributed by atoms with E-state index < -0.39 is 10.0 Å². The third-order valence-corrected chi connectivity index (χ3v) is 7.18. The standard InChI is InChI=1S/C26H26FN3O2S.C2H6/c1-16(2)26-18(4)23-14-24(29-33(31,32)22-11-5-17(3)6-12-22)19(15-28)13-25(23)30(26)21-9-7-20(27)8-10-21;1-2/h5-16,28-29H,1-4H3;1-2H3. The van der Waals surface area contributed by atoms with Crippen molar-refractivity contribution in [3.8, 4) is 5.69 Å². The zero-order valence-electron chi connectivity index (χ0n) is 21.0. The Morgan fingerprint density at radius 3 is 2.11 bits per heavy atom. The van der Waals surface area contributed by atoms with Crippen LogP contribution in [0.15, 0.2) is 65.6 Å². The first kappa shape index (κ1) is 26.2. The SMILES string of the molecule is CC.Cc1ccc(S(=O)(=O)Nc2cc3c(C)c(C(C)C)n(-c4ccc(F)cc4)c3cc2C=N)cc1. The first-order valence-corrected chi connectivity index (χ1v) is 13.2. The van der Waals surface area contributed by atoms with E-state index >= 15 is 0 Å². The summed E-state index contributed by atoms with van der Waals surface area (Å²) in [5.41, 5.74) is 5.45. The van der Waals surface area contributed by atoms with Crippen LogP contribution in [0.3, 0.4) is 0 Å². The molecular weight excluding hydrogens is 461 g/mol. The molecule has 0 saturated carbocycles. The Morgan fingerprint density at radius 2 is 1.57 bits per heavy atom. The normalized spacial score (nSPS) is 11.3. The molecule has 7 heteroatoms. The summed E-state index contributed by atoms with van der Waals surface area (Å²) < 4.78 is 44.3. The smallest absolute Gasteiger partial charge is 0.261 e. The molecule has 184 valence electrons. The van der Waals surface area contributed by atoms with Gasteiger partial charge in [0.15, 0.2) is 0 Å². The number of aromatic nitrogens is 1. The first-order chi connectivity index (χ1) is 16.6. The summed E-state index contributed by atoms with van der Waals surface area (Å²) in [6.07, 6.45) is 1.14. The highest BCUT2D eigenvalue weighted by Gasteiger charge is 2.22. The van der Waals surface area contributed by atoms with E-state index in [1.54, 1.807) is 48.5 Å². The van der Waals surface area contributed by atoms with Crippen molar-refractivity contribution in [2.24, 2.45) is 0 Å². The minimum Gasteiger partial charge on any atom is -0.313 e. The number of fused-ring (bicyclic) bond motifs is 1. The van der Waals surface area contributed by atoms with Gasteiger partial charge >= 0.3 is 0 Å². The molecule has 5 nitrogen and oxygen atoms in total. The highest BCUT2D eigenvalue weighted by molar-refractivity contribution is 7.92. The number of benzene rings is 3. The van der Waals surface area contributed by atoms with E-state index in [0.29, 0.717) is 11.3 Å². The second-order valence-corrected chi connectivity index (χ2v) is 10.2. The minimum absolute atomic E-state index is 0.160. The Balaban J connectivity index is 0.00000167. The van der Waals surface area contributed by atoms with Crippen LogP contribution in [0.2, 0.25) is 0 Å². The van der Waals surface area contributed by atoms with Crippen molar-refractivity contribution in [3.05, 3.63) is 88.9 Å². The molecule has 1 heterocycles. The van der Waals surface area contributed by atoms with Gasteiger partial charge in [-0.3, -0.25) is 4.72 Å². The molecule has 4 aromatic rings. The van der Waals surface area contributed by atoms with Crippen molar-refractivity contribution < 1.29 is 12.8 Å². The fourth-order valence-electron chi connectivity index (χ4n) is 4.21. The molecule has 0 unspecified atom stereocenters. The molecule has 0 radical (unpaired) electrons. The summed E-state index contributed by atoms with van der Waals surface area (Å²) in [4.78, 5) is 0.160. The van der Waals surface area contributed by atoms with Gasteiger partial charge in [-0.2, -0.15) is 0 Å². The van der Waals surface area contributed by atoms with Gasteiger partial charge in [-0.1, -0.05) is 45.4 Å². The number of nitrogens with one attached hydrogen (secondary N) is 2. The average molecular weight is 494 g/mol. The van der Waals surface area contributed by atoms with E-state index in [4.69, 9.17) is 5.41 Å². The molecule has 1 aromatic heterocycles. The average Bonchev–Trinajstić information content (AvgIpc) is 3.12. The summed E-state index contributed by atoms with van der Waals surface area (Å²) in [6.45, 7) is 12.1. The number of aryl methyl sites for hydroxylation is 2. The predicted octanol–water partition coefficient (Wildman–Crippen LogP) is 7.33. The summed E-state index contributed by atoms with van der Waals surface area (Å²) in [6, 6.07) is 16.5. The highest BCUT2D eigenvalue weighted by Crippen LogP contribution is 2.36. The summed E-state index contributed by atoms with van der Waals surface area (Å²) in [5.74, 6) is -0.149. The van der Waals surface area contributed by atoms with Gasteiger partial charge in [0.05, 0.1) is 16.1 Å². The monoisotopic (exact) mass is 493 g/mol. The first-order valence-electron chi connectivity index (χ1n) is 11.7. The largest absolute Gasteiger partial charge is 0.313 e. The van der Waals surface area contributed by atoms with Gasteiger partial charge in [0, 0.05) is 28.5 Å². The van der Waals surface area contributed by atoms with Crippen molar-refractivity contribution in [1.82, 2.24) is 4.57 Å². The van der Waals surface area contributed by atoms with Gasteiger partial charge in [-0.25, -0.2) is 12.8 Å². The lowest BCUT2D eigenvalue weighted by Crippen LogP contribution is -2.14. The minimum atomic E-state index is -3.82. The molecule has 0 aliphatic rings. The Hall–Kier alpha value is -3.45. The molecule has 0 aliphatic heterocycles. The van der Waals surface area contributed by atoms with Gasteiger partial charge in [-0.15, -0.1) is 0 Å². The van der Waals surface area contributed by atoms with E-state index in [0.717, 1.165) is 39.6 Å². The Bertz CT molecular complexity index is 1450. The van der Waals surface area contributed by atoms with E-state index in [9.17, 15) is 12.8 Å². The van der Waals surface area contributed by atoms with Crippen LogP contribution in [0.4, 0.5) is 10.1 Å². The van der Waals surface area contributed by atoms with Gasteiger partial charge in [0.2, 0.25) is 0 Å². The lowest BCUT2D eigenvalue weighted by Gasteiger charge is -2.15. The third kappa shape index (κ3) is 5.15. The zero-order chi connectivity index (χ0) is 25.9. The number of rotatable bonds is 6. The van der Waals surface area contributed by atoms with E-state index in [-0.39, 0.29) is 16.6 Å². The maximum absolute atomic E-state index is 13.6. The molecule has 0 fully saturated rings. The number of hydrogen-bond donors (Lipinski definition) is 2. The third-order valence-electron chi connectivity index (χ3n) is 5.80. The summed E-state index contributed by atoms with van der Waals surface area (Å²) >= 11 is 0. The van der Waals surface area contributed by atoms with Crippen LogP contribution < -0.4 is 4.72 Å². The van der Waals surface area contributed by atoms with Crippen molar-refractivity contribution in [2.75, 3.05) is 4.72 Å². The van der Waals surface area contributed by atoms with Crippen LogP contribution in [-0.4, -0.2) is 19.2 Å². The fraction of sp³-hybridized carbons (Fsp3) is 0.250. The molecular formula is C28H32FN3O2S. The maximum atomic E-state index is 13.6. The molecule has 0 atom stereocenters. The Kier molecular flexibility index (Phi) is 7.80. The van der Waals surface area contributed by atoms with Crippen LogP contribution in [0, 0.1) is 25.1 Å². The van der Waals surface area contributed by atoms with Crippen LogP contribution in [0.25, 0.3) is 16.6 Å². The van der Waals surface area contributed by atoms with Gasteiger partial charge < -0.3 is 9.98 Å². The number of nitrogens with zero attached hydrogens (tertiary/aromatic N) is 1. The number of sulfonamides is 1. The highest BCUT2D eigenvalue weighted by atomic mass is 32.2. The Labute approximate surface area is 207 Å². The topological polar surface area (TPSA) is 75.0 Å². The number of anilines is 1. The second-order valence-electron chi connectivity index (χ2n) is 8.50. The molecule has 35 heavy (non-hydrogen) atoms. The number of hydrogen-bond acceptors (Lipinski definition) is 3. The molecule has 0 saturated heterocycles. The molecule has 0 aliphatic carbocycles. The van der Waals surface area contributed by atoms with Crippen LogP contribution in [0.5, 0.6) is 0 Å². The zero-order valence-corrected chi connectivity index (χ0v) is 21.8. The molecule has 0 amide bonds. The van der Waals surface area contributed by atoms with Crippen LogP contribution in [-0.2, 0) is 10.0 Å². The lowest BCUT2D eigenvalue weighted by molar-refractivity contribution is 0.601. The van der Waals surface area contributed by atoms with Crippen molar-refractivity contribution >= 4 is 32.8 Å². The number of halogens is 1. The van der Waals surface area contributed by atoms with Gasteiger partial charge in [0.1, 0.15) is 5.82 Å². The van der Waals surface area contributed by atoms with Crippen LogP contribution in [0.1, 0.15) is 56.0 Å². The molecule has 4 rings (SSSR count). The van der Waals surface area contributed by atoms with E-state index in [1.165, 1.54) is 12.1 Å². The molecule has 0 bridgehead atoms. The summed E-state index contributed by atoms with van der Waals surface area (Å²) in [5, 5.41) is 8.80. The van der Waals surface area contributed by atoms with Crippen molar-refractivity contribution in [1.29, 1.82) is 5.41 Å². The second kappa shape index (κ2) is 10.4. The molecule has 0 spiro atoms. The molecule has 3 aromatic carbocycles. The van der Waals surface area contributed by atoms with Gasteiger partial charge in [-0.05, 0) is 73.9 Å². The predicted molar refractivity (Wildman–Crippen MR) is 143 cm³/mol. The van der Waals surface area contributed by atoms with E-state index in [2.05, 4.69) is 23.1 Å². The fourth-order valence-corrected chi connectivity index (χ4v) is 5.29. The Morgan fingerprint density at radius 1 is 0.971 bits per heavy atom. The summed E-state index contributed by atoms with van der Waals surface area (Å²) in [7, 11) is -3.82. The molecule has 2 N–H and O–H groups in total. The van der Waals surface area contributed by atoms with Crippen molar-refractivity contribution in [3.63, 3.8) is 0 Å². The lowest BCUT2D eigenvalue weighted by atomic mass is 10.0. The van der Waals surface area contributed by atoms with Crippen LogP contribution >= 0.6 is 0 Å². The maximum Gasteiger partial charge on any atom is 0.261 e. The quantitative estimate of drug-likeness (QED) is 0.276. The van der Waals surface area contributed by atoms with Crippen molar-refractivity contribution in [2.45, 2.75) is 52.4 Å². The van der Waals surface area contributed by atoms with Gasteiger partial charge in [0.25, 0.3) is 10.0 Å².